The van der Waals surface area contributed by atoms with Gasteiger partial charge < -0.3 is 19.7 Å². The fraction of sp³-hybridized carbons (Fsp3) is 0.440. The van der Waals surface area contributed by atoms with E-state index in [4.69, 9.17) is 21.1 Å². The molecule has 36 heavy (non-hydrogen) atoms. The quantitative estimate of drug-likeness (QED) is 0.443. The molecule has 2 amide bonds. The average molecular weight is 540 g/mol. The summed E-state index contributed by atoms with van der Waals surface area (Å²) in [5.41, 5.74) is 0.918. The first-order chi connectivity index (χ1) is 16.9. The monoisotopic (exact) mass is 539 g/mol. The van der Waals surface area contributed by atoms with Crippen molar-refractivity contribution in [2.45, 2.75) is 45.8 Å². The summed E-state index contributed by atoms with van der Waals surface area (Å²) in [6.45, 7) is 4.98. The second-order valence-electron chi connectivity index (χ2n) is 8.45. The topological polar surface area (TPSA) is 105 Å². The maximum absolute atomic E-state index is 13.6. The SMILES string of the molecule is CC[C@H](C)NC(=O)[C@H](C)N(Cc1ccc(Cl)cc1)C(=O)CN(c1ccc(OC)cc1OC)S(C)(=O)=O. The molecule has 2 aromatic carbocycles. The highest BCUT2D eigenvalue weighted by atomic mass is 35.5. The number of ether oxygens (including phenoxy) is 2. The van der Waals surface area contributed by atoms with Gasteiger partial charge in [-0.05, 0) is 50.1 Å². The Hall–Kier alpha value is -2.98. The molecular formula is C25H34ClN3O6S. The highest BCUT2D eigenvalue weighted by Gasteiger charge is 2.31. The largest absolute Gasteiger partial charge is 0.497 e. The smallest absolute Gasteiger partial charge is 0.244 e. The van der Waals surface area contributed by atoms with Crippen LogP contribution >= 0.6 is 11.6 Å². The van der Waals surface area contributed by atoms with Gasteiger partial charge >= 0.3 is 0 Å². The number of rotatable bonds is 12. The predicted molar refractivity (Wildman–Crippen MR) is 141 cm³/mol. The summed E-state index contributed by atoms with van der Waals surface area (Å²) in [5, 5.41) is 3.42. The minimum absolute atomic E-state index is 0.0801. The van der Waals surface area contributed by atoms with E-state index in [0.29, 0.717) is 10.8 Å². The lowest BCUT2D eigenvalue weighted by Crippen LogP contribution is -2.52. The minimum atomic E-state index is -3.90. The number of nitrogens with zero attached hydrogens (tertiary/aromatic N) is 2. The Bertz CT molecular complexity index is 1160. The van der Waals surface area contributed by atoms with E-state index >= 15 is 0 Å². The van der Waals surface area contributed by atoms with Gasteiger partial charge in [0.15, 0.2) is 0 Å². The normalized spacial score (nSPS) is 12.9. The maximum Gasteiger partial charge on any atom is 0.244 e. The molecule has 2 rings (SSSR count). The van der Waals surface area contributed by atoms with E-state index in [-0.39, 0.29) is 29.9 Å². The van der Waals surface area contributed by atoms with E-state index in [0.717, 1.165) is 22.5 Å². The molecule has 0 spiro atoms. The van der Waals surface area contributed by atoms with Crippen LogP contribution in [0.15, 0.2) is 42.5 Å². The van der Waals surface area contributed by atoms with Crippen molar-refractivity contribution in [3.63, 3.8) is 0 Å². The van der Waals surface area contributed by atoms with Gasteiger partial charge in [-0.3, -0.25) is 13.9 Å². The Balaban J connectivity index is 2.45. The molecular weight excluding hydrogens is 506 g/mol. The van der Waals surface area contributed by atoms with Crippen LogP contribution in [0.5, 0.6) is 11.5 Å². The molecule has 0 bridgehead atoms. The van der Waals surface area contributed by atoms with Gasteiger partial charge in [0.25, 0.3) is 0 Å². The van der Waals surface area contributed by atoms with Crippen molar-refractivity contribution in [2.24, 2.45) is 0 Å². The van der Waals surface area contributed by atoms with Crippen LogP contribution in [0, 0.1) is 0 Å². The molecule has 0 aromatic heterocycles. The zero-order chi connectivity index (χ0) is 27.0. The molecule has 198 valence electrons. The Kier molecular flexibility index (Phi) is 10.4. The third-order valence-corrected chi connectivity index (χ3v) is 7.15. The number of carbonyl (C=O) groups is 2. The molecule has 0 fully saturated rings. The van der Waals surface area contributed by atoms with Gasteiger partial charge in [-0.15, -0.1) is 0 Å². The second kappa shape index (κ2) is 12.8. The highest BCUT2D eigenvalue weighted by Crippen LogP contribution is 2.33. The van der Waals surface area contributed by atoms with E-state index < -0.39 is 28.5 Å². The number of benzene rings is 2. The van der Waals surface area contributed by atoms with Gasteiger partial charge in [0.05, 0.1) is 26.2 Å². The molecule has 2 atom stereocenters. The summed E-state index contributed by atoms with van der Waals surface area (Å²) < 4.78 is 37.1. The second-order valence-corrected chi connectivity index (χ2v) is 10.8. The van der Waals surface area contributed by atoms with Gasteiger partial charge in [-0.25, -0.2) is 8.42 Å². The Labute approximate surface area is 218 Å². The number of anilines is 1. The van der Waals surface area contributed by atoms with Crippen LogP contribution in [0.2, 0.25) is 5.02 Å². The van der Waals surface area contributed by atoms with Crippen LogP contribution in [0.3, 0.4) is 0 Å². The summed E-state index contributed by atoms with van der Waals surface area (Å²) in [6, 6.07) is 10.6. The van der Waals surface area contributed by atoms with Crippen molar-refractivity contribution in [1.29, 1.82) is 0 Å². The number of sulfonamides is 1. The number of methoxy groups -OCH3 is 2. The van der Waals surface area contributed by atoms with E-state index in [1.54, 1.807) is 37.3 Å². The summed E-state index contributed by atoms with van der Waals surface area (Å²) in [4.78, 5) is 27.9. The molecule has 0 heterocycles. The standard InChI is InChI=1S/C25H34ClN3O6S/c1-7-17(2)27-25(31)18(3)28(15-19-8-10-20(26)11-9-19)24(30)16-29(36(6,32)33)22-13-12-21(34-4)14-23(22)35-5/h8-14,17-18H,7,15-16H2,1-6H3,(H,27,31)/t17-,18-/m0/s1. The number of nitrogens with one attached hydrogen (secondary N) is 1. The van der Waals surface area contributed by atoms with Crippen LogP contribution in [-0.2, 0) is 26.2 Å². The Morgan fingerprint density at radius 1 is 1.06 bits per heavy atom. The molecule has 11 heteroatoms. The van der Waals surface area contributed by atoms with E-state index in [2.05, 4.69) is 5.32 Å². The maximum atomic E-state index is 13.6. The lowest BCUT2D eigenvalue weighted by Gasteiger charge is -2.32. The molecule has 9 nitrogen and oxygen atoms in total. The summed E-state index contributed by atoms with van der Waals surface area (Å²) >= 11 is 6.00. The molecule has 0 unspecified atom stereocenters. The molecule has 0 saturated carbocycles. The number of amides is 2. The number of halogens is 1. The molecule has 0 aliphatic heterocycles. The Morgan fingerprint density at radius 3 is 2.22 bits per heavy atom. The molecule has 1 N–H and O–H groups in total. The predicted octanol–water partition coefficient (Wildman–Crippen LogP) is 3.46. The number of hydrogen-bond acceptors (Lipinski definition) is 6. The van der Waals surface area contributed by atoms with Crippen LogP contribution in [0.25, 0.3) is 0 Å². The van der Waals surface area contributed by atoms with Gasteiger partial charge in [-0.1, -0.05) is 30.7 Å². The zero-order valence-corrected chi connectivity index (χ0v) is 23.0. The van der Waals surface area contributed by atoms with Crippen molar-refractivity contribution < 1.29 is 27.5 Å². The Morgan fingerprint density at radius 2 is 1.69 bits per heavy atom. The molecule has 2 aromatic rings. The summed E-state index contributed by atoms with van der Waals surface area (Å²) in [7, 11) is -1.02. The van der Waals surface area contributed by atoms with Crippen molar-refractivity contribution in [2.75, 3.05) is 31.3 Å². The van der Waals surface area contributed by atoms with E-state index in [1.807, 2.05) is 13.8 Å². The first-order valence-corrected chi connectivity index (χ1v) is 13.7. The molecule has 0 aliphatic carbocycles. The average Bonchev–Trinajstić information content (AvgIpc) is 2.85. The van der Waals surface area contributed by atoms with Crippen LogP contribution in [-0.4, -0.2) is 64.2 Å². The van der Waals surface area contributed by atoms with E-state index in [9.17, 15) is 18.0 Å². The van der Waals surface area contributed by atoms with Crippen molar-refractivity contribution in [3.05, 3.63) is 53.1 Å². The lowest BCUT2D eigenvalue weighted by molar-refractivity contribution is -0.139. The van der Waals surface area contributed by atoms with Crippen molar-refractivity contribution in [1.82, 2.24) is 10.2 Å². The summed E-state index contributed by atoms with van der Waals surface area (Å²) in [5.74, 6) is -0.200. The highest BCUT2D eigenvalue weighted by molar-refractivity contribution is 7.92. The zero-order valence-electron chi connectivity index (χ0n) is 21.4. The number of carbonyl (C=O) groups excluding carboxylic acids is 2. The van der Waals surface area contributed by atoms with Crippen LogP contribution in [0.4, 0.5) is 5.69 Å². The van der Waals surface area contributed by atoms with Gasteiger partial charge in [0.2, 0.25) is 21.8 Å². The first kappa shape index (κ1) is 29.3. The fourth-order valence-corrected chi connectivity index (χ4v) is 4.40. The molecule has 0 radical (unpaired) electrons. The fourth-order valence-electron chi connectivity index (χ4n) is 3.42. The van der Waals surface area contributed by atoms with Gasteiger partial charge in [-0.2, -0.15) is 0 Å². The van der Waals surface area contributed by atoms with Gasteiger partial charge in [0, 0.05) is 23.7 Å². The molecule has 0 aliphatic rings. The van der Waals surface area contributed by atoms with Crippen molar-refractivity contribution >= 4 is 39.1 Å². The number of hydrogen-bond donors (Lipinski definition) is 1. The minimum Gasteiger partial charge on any atom is -0.497 e. The van der Waals surface area contributed by atoms with Crippen molar-refractivity contribution in [3.8, 4) is 11.5 Å². The summed E-state index contributed by atoms with van der Waals surface area (Å²) in [6.07, 6.45) is 1.73. The third kappa shape index (κ3) is 7.76. The molecule has 0 saturated heterocycles. The lowest BCUT2D eigenvalue weighted by atomic mass is 10.1. The third-order valence-electron chi connectivity index (χ3n) is 5.77. The van der Waals surface area contributed by atoms with Crippen LogP contribution < -0.4 is 19.1 Å². The first-order valence-electron chi connectivity index (χ1n) is 11.4. The van der Waals surface area contributed by atoms with Gasteiger partial charge in [0.1, 0.15) is 24.1 Å². The van der Waals surface area contributed by atoms with Crippen LogP contribution in [0.1, 0.15) is 32.8 Å². The van der Waals surface area contributed by atoms with E-state index in [1.165, 1.54) is 31.3 Å².